The van der Waals surface area contributed by atoms with Crippen molar-refractivity contribution in [3.05, 3.63) is 18.1 Å². The van der Waals surface area contributed by atoms with E-state index >= 15 is 0 Å². The number of methoxy groups -OCH3 is 1. The van der Waals surface area contributed by atoms with Crippen molar-refractivity contribution in [1.82, 2.24) is 9.97 Å². The summed E-state index contributed by atoms with van der Waals surface area (Å²) >= 11 is 0. The van der Waals surface area contributed by atoms with Crippen LogP contribution in [0.3, 0.4) is 0 Å². The number of hydrogen-bond acceptors (Lipinski definition) is 4. The molecule has 0 radical (unpaired) electrons. The minimum absolute atomic E-state index is 0.114. The third-order valence-electron chi connectivity index (χ3n) is 1.34. The smallest absolute Gasteiger partial charge is 0.344 e. The molecule has 5 nitrogen and oxygen atoms in total. The number of carboxylic acids is 1. The van der Waals surface area contributed by atoms with Crippen LogP contribution in [0.4, 0.5) is 4.39 Å². The summed E-state index contributed by atoms with van der Waals surface area (Å²) in [6.45, 7) is 0. The molecular weight excluding hydrogens is 179 g/mol. The van der Waals surface area contributed by atoms with Crippen LogP contribution in [0, 0.1) is 0 Å². The van der Waals surface area contributed by atoms with Crippen molar-refractivity contribution < 1.29 is 19.0 Å². The number of rotatable bonds is 3. The van der Waals surface area contributed by atoms with Crippen molar-refractivity contribution in [3.8, 4) is 5.88 Å². The van der Waals surface area contributed by atoms with E-state index in [2.05, 4.69) is 14.7 Å². The van der Waals surface area contributed by atoms with Gasteiger partial charge in [-0.3, -0.25) is 4.98 Å². The lowest BCUT2D eigenvalue weighted by molar-refractivity contribution is -0.143. The maximum absolute atomic E-state index is 12.9. The molecule has 0 amide bonds. The first-order valence-corrected chi connectivity index (χ1v) is 3.38. The van der Waals surface area contributed by atoms with E-state index in [-0.39, 0.29) is 11.6 Å². The minimum atomic E-state index is -2.20. The fourth-order valence-corrected chi connectivity index (χ4v) is 0.784. The summed E-state index contributed by atoms with van der Waals surface area (Å²) in [6.07, 6.45) is 0.285. The number of nitrogens with zero attached hydrogens (tertiary/aromatic N) is 2. The number of alkyl halides is 1. The van der Waals surface area contributed by atoms with E-state index in [9.17, 15) is 9.18 Å². The molecule has 1 N–H and O–H groups in total. The molecule has 0 aromatic carbocycles. The lowest BCUT2D eigenvalue weighted by Crippen LogP contribution is -2.10. The van der Waals surface area contributed by atoms with Gasteiger partial charge in [0.1, 0.15) is 5.69 Å². The van der Waals surface area contributed by atoms with Crippen LogP contribution in [0.15, 0.2) is 12.4 Å². The Hall–Kier alpha value is -1.72. The Morgan fingerprint density at radius 1 is 1.62 bits per heavy atom. The predicted octanol–water partition coefficient (Wildman–Crippen LogP) is 0.580. The molecule has 1 rings (SSSR count). The van der Waals surface area contributed by atoms with E-state index in [1.807, 2.05) is 0 Å². The second-order valence-electron chi connectivity index (χ2n) is 2.15. The Bertz CT molecular complexity index is 318. The van der Waals surface area contributed by atoms with Crippen molar-refractivity contribution in [1.29, 1.82) is 0 Å². The van der Waals surface area contributed by atoms with E-state index in [0.717, 1.165) is 0 Å². The predicted molar refractivity (Wildman–Crippen MR) is 40.1 cm³/mol. The van der Waals surface area contributed by atoms with Gasteiger partial charge in [-0.15, -0.1) is 0 Å². The molecule has 0 aliphatic rings. The quantitative estimate of drug-likeness (QED) is 0.747. The summed E-state index contributed by atoms with van der Waals surface area (Å²) in [5.41, 5.74) is -0.322. The highest BCUT2D eigenvalue weighted by molar-refractivity contribution is 5.74. The van der Waals surface area contributed by atoms with Crippen LogP contribution < -0.4 is 4.74 Å². The number of carboxylic acid groups (broad SMARTS) is 1. The van der Waals surface area contributed by atoms with E-state index in [1.54, 1.807) is 0 Å². The fourth-order valence-electron chi connectivity index (χ4n) is 0.784. The average Bonchev–Trinajstić information content (AvgIpc) is 2.16. The lowest BCUT2D eigenvalue weighted by atomic mass is 10.3. The SMILES string of the molecule is COc1nccnc1C(F)C(=O)O. The first kappa shape index (κ1) is 9.37. The molecule has 1 aromatic heterocycles. The van der Waals surface area contributed by atoms with Crippen molar-refractivity contribution in [2.24, 2.45) is 0 Å². The van der Waals surface area contributed by atoms with Gasteiger partial charge in [-0.05, 0) is 0 Å². The molecule has 0 saturated heterocycles. The van der Waals surface area contributed by atoms with Crippen LogP contribution >= 0.6 is 0 Å². The van der Waals surface area contributed by atoms with Gasteiger partial charge in [-0.2, -0.15) is 0 Å². The molecule has 1 aromatic rings. The molecule has 1 unspecified atom stereocenters. The van der Waals surface area contributed by atoms with Crippen molar-refractivity contribution >= 4 is 5.97 Å². The zero-order valence-electron chi connectivity index (χ0n) is 6.77. The second-order valence-corrected chi connectivity index (χ2v) is 2.15. The van der Waals surface area contributed by atoms with Crippen LogP contribution in [0.5, 0.6) is 5.88 Å². The molecule has 0 aliphatic heterocycles. The summed E-state index contributed by atoms with van der Waals surface area (Å²) < 4.78 is 17.6. The van der Waals surface area contributed by atoms with Gasteiger partial charge < -0.3 is 9.84 Å². The third kappa shape index (κ3) is 1.90. The Balaban J connectivity index is 3.05. The molecule has 6 heteroatoms. The van der Waals surface area contributed by atoms with Gasteiger partial charge in [0.2, 0.25) is 12.1 Å². The highest BCUT2D eigenvalue weighted by Crippen LogP contribution is 2.22. The second kappa shape index (κ2) is 3.79. The monoisotopic (exact) mass is 186 g/mol. The normalized spacial score (nSPS) is 12.2. The standard InChI is InChI=1S/C7H7FN2O3/c1-13-6-5(4(8)7(11)12)9-2-3-10-6/h2-4H,1H3,(H,11,12). The number of aliphatic carboxylic acids is 1. The van der Waals surface area contributed by atoms with Crippen LogP contribution in [0.2, 0.25) is 0 Å². The van der Waals surface area contributed by atoms with Gasteiger partial charge in [-0.1, -0.05) is 0 Å². The Labute approximate surface area is 73.2 Å². The molecule has 0 saturated carbocycles. The van der Waals surface area contributed by atoms with Gasteiger partial charge in [0.15, 0.2) is 0 Å². The lowest BCUT2D eigenvalue weighted by Gasteiger charge is -2.05. The maximum Gasteiger partial charge on any atom is 0.344 e. The number of carbonyl (C=O) groups is 1. The molecular formula is C7H7FN2O3. The summed E-state index contributed by atoms with van der Waals surface area (Å²) in [7, 11) is 1.27. The minimum Gasteiger partial charge on any atom is -0.480 e. The van der Waals surface area contributed by atoms with E-state index in [0.29, 0.717) is 0 Å². The molecule has 0 bridgehead atoms. The Morgan fingerprint density at radius 2 is 2.23 bits per heavy atom. The van der Waals surface area contributed by atoms with Crippen molar-refractivity contribution in [2.75, 3.05) is 7.11 Å². The van der Waals surface area contributed by atoms with Crippen LogP contribution in [-0.2, 0) is 4.79 Å². The zero-order valence-corrected chi connectivity index (χ0v) is 6.77. The van der Waals surface area contributed by atoms with Gasteiger partial charge in [-0.25, -0.2) is 14.2 Å². The molecule has 0 fully saturated rings. The van der Waals surface area contributed by atoms with E-state index in [4.69, 9.17) is 5.11 Å². The first-order chi connectivity index (χ1) is 6.16. The largest absolute Gasteiger partial charge is 0.480 e. The summed E-state index contributed by atoms with van der Waals surface area (Å²) in [6, 6.07) is 0. The molecule has 13 heavy (non-hydrogen) atoms. The van der Waals surface area contributed by atoms with Crippen LogP contribution in [-0.4, -0.2) is 28.2 Å². The van der Waals surface area contributed by atoms with Crippen molar-refractivity contribution in [2.45, 2.75) is 6.17 Å². The fraction of sp³-hybridized carbons (Fsp3) is 0.286. The molecule has 1 atom stereocenters. The van der Waals surface area contributed by atoms with Crippen LogP contribution in [0.25, 0.3) is 0 Å². The molecule has 70 valence electrons. The maximum atomic E-state index is 12.9. The number of aromatic nitrogens is 2. The van der Waals surface area contributed by atoms with Gasteiger partial charge in [0.25, 0.3) is 0 Å². The number of ether oxygens (including phenoxy) is 1. The van der Waals surface area contributed by atoms with E-state index < -0.39 is 12.1 Å². The van der Waals surface area contributed by atoms with E-state index in [1.165, 1.54) is 19.5 Å². The average molecular weight is 186 g/mol. The topological polar surface area (TPSA) is 72.3 Å². The third-order valence-corrected chi connectivity index (χ3v) is 1.34. The highest BCUT2D eigenvalue weighted by atomic mass is 19.1. The molecule has 0 aliphatic carbocycles. The molecule has 0 spiro atoms. The summed E-state index contributed by atoms with van der Waals surface area (Å²) in [4.78, 5) is 17.4. The summed E-state index contributed by atoms with van der Waals surface area (Å²) in [5.74, 6) is -1.73. The molecule has 1 heterocycles. The van der Waals surface area contributed by atoms with Crippen LogP contribution in [0.1, 0.15) is 11.9 Å². The van der Waals surface area contributed by atoms with Gasteiger partial charge in [0.05, 0.1) is 7.11 Å². The summed E-state index contributed by atoms with van der Waals surface area (Å²) in [5, 5.41) is 8.36. The number of halogens is 1. The zero-order chi connectivity index (χ0) is 9.84. The Morgan fingerprint density at radius 3 is 2.77 bits per heavy atom. The van der Waals surface area contributed by atoms with Gasteiger partial charge >= 0.3 is 5.97 Å². The number of hydrogen-bond donors (Lipinski definition) is 1. The van der Waals surface area contributed by atoms with Gasteiger partial charge in [0, 0.05) is 12.4 Å². The first-order valence-electron chi connectivity index (χ1n) is 3.38. The highest BCUT2D eigenvalue weighted by Gasteiger charge is 2.24. The van der Waals surface area contributed by atoms with Crippen molar-refractivity contribution in [3.63, 3.8) is 0 Å². The Kier molecular flexibility index (Phi) is 2.73.